The molecule has 1 saturated carbocycles. The fourth-order valence-electron chi connectivity index (χ4n) is 1.92. The van der Waals surface area contributed by atoms with Crippen molar-refractivity contribution in [2.75, 3.05) is 24.2 Å². The van der Waals surface area contributed by atoms with Gasteiger partial charge in [-0.3, -0.25) is 10.1 Å². The van der Waals surface area contributed by atoms with Crippen LogP contribution in [-0.4, -0.2) is 23.5 Å². The van der Waals surface area contributed by atoms with Crippen LogP contribution in [-0.2, 0) is 0 Å². The third kappa shape index (κ3) is 2.64. The molecule has 0 spiro atoms. The van der Waals surface area contributed by atoms with E-state index in [0.29, 0.717) is 11.7 Å². The third-order valence-corrected chi connectivity index (χ3v) is 3.20. The summed E-state index contributed by atoms with van der Waals surface area (Å²) in [6.45, 7) is 3.07. The molecular formula is C11H16N4O2. The van der Waals surface area contributed by atoms with Crippen molar-refractivity contribution in [3.05, 3.63) is 22.2 Å². The van der Waals surface area contributed by atoms with Gasteiger partial charge in [-0.2, -0.15) is 0 Å². The minimum absolute atomic E-state index is 0.0109. The molecule has 0 bridgehead atoms. The lowest BCUT2D eigenvalue weighted by atomic mass is 10.3. The summed E-state index contributed by atoms with van der Waals surface area (Å²) in [5.41, 5.74) is 5.56. The van der Waals surface area contributed by atoms with Crippen LogP contribution in [0.2, 0.25) is 0 Å². The van der Waals surface area contributed by atoms with E-state index in [-0.39, 0.29) is 11.5 Å². The average molecular weight is 236 g/mol. The molecule has 0 aliphatic heterocycles. The van der Waals surface area contributed by atoms with Gasteiger partial charge in [-0.25, -0.2) is 4.98 Å². The van der Waals surface area contributed by atoms with Gasteiger partial charge < -0.3 is 10.6 Å². The summed E-state index contributed by atoms with van der Waals surface area (Å²) in [6, 6.07) is 2.74. The van der Waals surface area contributed by atoms with Crippen LogP contribution in [0.5, 0.6) is 0 Å². The maximum atomic E-state index is 10.7. The maximum absolute atomic E-state index is 10.7. The summed E-state index contributed by atoms with van der Waals surface area (Å²) < 4.78 is 0. The number of aromatic nitrogens is 1. The Morgan fingerprint density at radius 1 is 1.65 bits per heavy atom. The van der Waals surface area contributed by atoms with Crippen LogP contribution in [0.3, 0.4) is 0 Å². The summed E-state index contributed by atoms with van der Waals surface area (Å²) in [5, 5.41) is 10.7. The molecule has 0 radical (unpaired) electrons. The summed E-state index contributed by atoms with van der Waals surface area (Å²) in [7, 11) is 1.89. The van der Waals surface area contributed by atoms with Crippen LogP contribution in [0.4, 0.5) is 17.3 Å². The molecule has 2 rings (SSSR count). The van der Waals surface area contributed by atoms with Crippen LogP contribution in [0.25, 0.3) is 0 Å². The molecule has 6 heteroatoms. The number of nitrogens with two attached hydrogens (primary N) is 1. The first kappa shape index (κ1) is 11.6. The fraction of sp³-hybridized carbons (Fsp3) is 0.545. The Bertz CT molecular complexity index is 449. The van der Waals surface area contributed by atoms with Gasteiger partial charge in [0.25, 0.3) is 5.69 Å². The zero-order valence-electron chi connectivity index (χ0n) is 9.96. The van der Waals surface area contributed by atoms with E-state index < -0.39 is 4.92 Å². The zero-order chi connectivity index (χ0) is 12.6. The van der Waals surface area contributed by atoms with Crippen LogP contribution in [0.1, 0.15) is 13.3 Å². The van der Waals surface area contributed by atoms with Crippen molar-refractivity contribution in [2.24, 2.45) is 11.8 Å². The predicted octanol–water partition coefficient (Wildman–Crippen LogP) is 1.66. The van der Waals surface area contributed by atoms with Crippen molar-refractivity contribution in [1.29, 1.82) is 0 Å². The van der Waals surface area contributed by atoms with Gasteiger partial charge in [-0.15, -0.1) is 0 Å². The third-order valence-electron chi connectivity index (χ3n) is 3.20. The lowest BCUT2D eigenvalue weighted by Crippen LogP contribution is -2.22. The molecule has 6 nitrogen and oxygen atoms in total. The molecule has 1 aliphatic rings. The Morgan fingerprint density at radius 2 is 2.29 bits per heavy atom. The first-order chi connectivity index (χ1) is 7.97. The number of hydrogen-bond donors (Lipinski definition) is 1. The van der Waals surface area contributed by atoms with Crippen molar-refractivity contribution in [2.45, 2.75) is 13.3 Å². The Labute approximate surface area is 99.6 Å². The van der Waals surface area contributed by atoms with Gasteiger partial charge >= 0.3 is 0 Å². The van der Waals surface area contributed by atoms with Crippen LogP contribution in [0, 0.1) is 22.0 Å². The zero-order valence-corrected chi connectivity index (χ0v) is 9.96. The summed E-state index contributed by atoms with van der Waals surface area (Å²) in [5.74, 6) is 2.16. The van der Waals surface area contributed by atoms with E-state index in [9.17, 15) is 10.1 Å². The highest BCUT2D eigenvalue weighted by Gasteiger charge is 2.33. The highest BCUT2D eigenvalue weighted by molar-refractivity contribution is 5.53. The minimum atomic E-state index is -0.449. The summed E-state index contributed by atoms with van der Waals surface area (Å²) in [6.07, 6.45) is 1.22. The molecule has 0 aromatic carbocycles. The van der Waals surface area contributed by atoms with Crippen molar-refractivity contribution in [3.8, 4) is 0 Å². The first-order valence-electron chi connectivity index (χ1n) is 5.60. The first-order valence-corrected chi connectivity index (χ1v) is 5.60. The SMILES string of the molecule is CC1CC1CN(C)c1cc([N+](=O)[O-])cc(N)n1. The topological polar surface area (TPSA) is 85.3 Å². The van der Waals surface area contributed by atoms with Crippen LogP contribution >= 0.6 is 0 Å². The maximum Gasteiger partial charge on any atom is 0.276 e. The number of nitrogens with zero attached hydrogens (tertiary/aromatic N) is 3. The molecule has 2 atom stereocenters. The number of pyridine rings is 1. The molecule has 1 aromatic heterocycles. The quantitative estimate of drug-likeness (QED) is 0.634. The standard InChI is InChI=1S/C11H16N4O2/c1-7-3-8(7)6-14(2)11-5-9(15(16)17)4-10(12)13-11/h4-5,7-8H,3,6H2,1-2H3,(H2,12,13). The lowest BCUT2D eigenvalue weighted by Gasteiger charge is -2.18. The van der Waals surface area contributed by atoms with Gasteiger partial charge in [0.05, 0.1) is 17.1 Å². The Morgan fingerprint density at radius 3 is 2.82 bits per heavy atom. The monoisotopic (exact) mass is 236 g/mol. The van der Waals surface area contributed by atoms with Gasteiger partial charge in [-0.05, 0) is 18.3 Å². The lowest BCUT2D eigenvalue weighted by molar-refractivity contribution is -0.384. The highest BCUT2D eigenvalue weighted by atomic mass is 16.6. The summed E-state index contributed by atoms with van der Waals surface area (Å²) in [4.78, 5) is 16.3. The molecule has 17 heavy (non-hydrogen) atoms. The second kappa shape index (κ2) is 4.20. The largest absolute Gasteiger partial charge is 0.383 e. The van der Waals surface area contributed by atoms with Gasteiger partial charge in [-0.1, -0.05) is 6.92 Å². The molecule has 1 heterocycles. The predicted molar refractivity (Wildman–Crippen MR) is 65.8 cm³/mol. The van der Waals surface area contributed by atoms with Crippen molar-refractivity contribution < 1.29 is 4.92 Å². The van der Waals surface area contributed by atoms with E-state index in [1.807, 2.05) is 11.9 Å². The van der Waals surface area contributed by atoms with Crippen LogP contribution < -0.4 is 10.6 Å². The summed E-state index contributed by atoms with van der Waals surface area (Å²) >= 11 is 0. The number of rotatable bonds is 4. The normalized spacial score (nSPS) is 22.2. The van der Waals surface area contributed by atoms with Gasteiger partial charge in [0.1, 0.15) is 11.6 Å². The molecule has 2 N–H and O–H groups in total. The van der Waals surface area contributed by atoms with Gasteiger partial charge in [0.15, 0.2) is 0 Å². The van der Waals surface area contributed by atoms with E-state index >= 15 is 0 Å². The van der Waals surface area contributed by atoms with Crippen molar-refractivity contribution >= 4 is 17.3 Å². The molecule has 1 fully saturated rings. The smallest absolute Gasteiger partial charge is 0.276 e. The fourth-order valence-corrected chi connectivity index (χ4v) is 1.92. The van der Waals surface area contributed by atoms with E-state index in [2.05, 4.69) is 11.9 Å². The van der Waals surface area contributed by atoms with Gasteiger partial charge in [0.2, 0.25) is 0 Å². The van der Waals surface area contributed by atoms with Gasteiger partial charge in [0, 0.05) is 13.6 Å². The number of nitrogen functional groups attached to an aromatic ring is 1. The molecule has 0 saturated heterocycles. The van der Waals surface area contributed by atoms with E-state index in [0.717, 1.165) is 12.5 Å². The minimum Gasteiger partial charge on any atom is -0.383 e. The van der Waals surface area contributed by atoms with E-state index in [1.54, 1.807) is 0 Å². The molecular weight excluding hydrogens is 220 g/mol. The Balaban J connectivity index is 2.16. The number of anilines is 2. The van der Waals surface area contributed by atoms with Crippen molar-refractivity contribution in [3.63, 3.8) is 0 Å². The molecule has 0 amide bonds. The van der Waals surface area contributed by atoms with Crippen molar-refractivity contribution in [1.82, 2.24) is 4.98 Å². The second-order valence-electron chi connectivity index (χ2n) is 4.72. The van der Waals surface area contributed by atoms with E-state index in [4.69, 9.17) is 5.73 Å². The number of nitro groups is 1. The average Bonchev–Trinajstić information content (AvgIpc) is 2.93. The number of hydrogen-bond acceptors (Lipinski definition) is 5. The molecule has 1 aliphatic carbocycles. The highest BCUT2D eigenvalue weighted by Crippen LogP contribution is 2.38. The second-order valence-corrected chi connectivity index (χ2v) is 4.72. The Hall–Kier alpha value is -1.85. The molecule has 92 valence electrons. The van der Waals surface area contributed by atoms with Crippen LogP contribution in [0.15, 0.2) is 12.1 Å². The molecule has 2 unspecified atom stereocenters. The van der Waals surface area contributed by atoms with E-state index in [1.165, 1.54) is 18.6 Å². The molecule has 1 aromatic rings. The Kier molecular flexibility index (Phi) is 2.87.